The molecule has 0 saturated heterocycles. The standard InChI is InChI=1S/C10H13BrCl2S/c1-2-10(6-12,7-13)5-9-8(11)3-4-14-9/h3-4H,2,5-7H2,1H3. The average molecular weight is 316 g/mol. The van der Waals surface area contributed by atoms with Crippen LogP contribution in [0.1, 0.15) is 18.2 Å². The summed E-state index contributed by atoms with van der Waals surface area (Å²) in [6.45, 7) is 2.15. The number of rotatable bonds is 5. The Morgan fingerprint density at radius 1 is 1.43 bits per heavy atom. The van der Waals surface area contributed by atoms with Gasteiger partial charge in [0.05, 0.1) is 0 Å². The fraction of sp³-hybridized carbons (Fsp3) is 0.600. The summed E-state index contributed by atoms with van der Waals surface area (Å²) in [5.74, 6) is 1.24. The van der Waals surface area contributed by atoms with Gasteiger partial charge in [0.2, 0.25) is 0 Å². The van der Waals surface area contributed by atoms with Crippen molar-refractivity contribution < 1.29 is 0 Å². The molecule has 1 aromatic rings. The van der Waals surface area contributed by atoms with Crippen LogP contribution in [0.4, 0.5) is 0 Å². The van der Waals surface area contributed by atoms with Crippen LogP contribution in [0.15, 0.2) is 15.9 Å². The van der Waals surface area contributed by atoms with Gasteiger partial charge in [-0.15, -0.1) is 34.5 Å². The lowest BCUT2D eigenvalue weighted by Crippen LogP contribution is -2.26. The highest BCUT2D eigenvalue weighted by Crippen LogP contribution is 2.35. The highest BCUT2D eigenvalue weighted by molar-refractivity contribution is 9.10. The van der Waals surface area contributed by atoms with Crippen LogP contribution in [0.2, 0.25) is 0 Å². The Labute approximate surface area is 108 Å². The van der Waals surface area contributed by atoms with E-state index in [-0.39, 0.29) is 5.41 Å². The largest absolute Gasteiger partial charge is 0.148 e. The molecule has 0 aliphatic rings. The van der Waals surface area contributed by atoms with Crippen LogP contribution in [0, 0.1) is 5.41 Å². The van der Waals surface area contributed by atoms with Crippen molar-refractivity contribution in [2.24, 2.45) is 5.41 Å². The second-order valence-corrected chi connectivity index (χ2v) is 5.88. The minimum absolute atomic E-state index is 0.0521. The third-order valence-corrected chi connectivity index (χ3v) is 5.60. The van der Waals surface area contributed by atoms with Gasteiger partial charge in [0, 0.05) is 26.5 Å². The molecule has 0 aliphatic heterocycles. The summed E-state index contributed by atoms with van der Waals surface area (Å²) in [4.78, 5) is 1.34. The van der Waals surface area contributed by atoms with Crippen LogP contribution in [-0.4, -0.2) is 11.8 Å². The zero-order chi connectivity index (χ0) is 10.6. The van der Waals surface area contributed by atoms with Gasteiger partial charge in [-0.3, -0.25) is 0 Å². The van der Waals surface area contributed by atoms with E-state index in [9.17, 15) is 0 Å². The van der Waals surface area contributed by atoms with Crippen LogP contribution >= 0.6 is 50.5 Å². The van der Waals surface area contributed by atoms with Gasteiger partial charge in [-0.2, -0.15) is 0 Å². The third-order valence-electron chi connectivity index (χ3n) is 2.54. The lowest BCUT2D eigenvalue weighted by molar-refractivity contribution is 0.364. The highest BCUT2D eigenvalue weighted by Gasteiger charge is 2.27. The maximum Gasteiger partial charge on any atom is 0.0314 e. The van der Waals surface area contributed by atoms with E-state index in [0.717, 1.165) is 12.8 Å². The number of hydrogen-bond acceptors (Lipinski definition) is 1. The van der Waals surface area contributed by atoms with Gasteiger partial charge in [0.1, 0.15) is 0 Å². The summed E-state index contributed by atoms with van der Waals surface area (Å²) < 4.78 is 1.18. The van der Waals surface area contributed by atoms with Crippen LogP contribution in [0.5, 0.6) is 0 Å². The Kier molecular flexibility index (Phi) is 5.26. The van der Waals surface area contributed by atoms with E-state index < -0.39 is 0 Å². The van der Waals surface area contributed by atoms with Gasteiger partial charge in [-0.25, -0.2) is 0 Å². The van der Waals surface area contributed by atoms with Crippen LogP contribution in [-0.2, 0) is 6.42 Å². The average Bonchev–Trinajstić information content (AvgIpc) is 2.61. The fourth-order valence-electron chi connectivity index (χ4n) is 1.24. The van der Waals surface area contributed by atoms with Crippen molar-refractivity contribution in [1.82, 2.24) is 0 Å². The van der Waals surface area contributed by atoms with Crippen molar-refractivity contribution in [3.05, 3.63) is 20.8 Å². The first-order valence-corrected chi connectivity index (χ1v) is 7.25. The lowest BCUT2D eigenvalue weighted by Gasteiger charge is -2.27. The van der Waals surface area contributed by atoms with Crippen molar-refractivity contribution in [3.8, 4) is 0 Å². The molecule has 0 amide bonds. The van der Waals surface area contributed by atoms with Gasteiger partial charge >= 0.3 is 0 Å². The molecule has 4 heteroatoms. The minimum atomic E-state index is 0.0521. The van der Waals surface area contributed by atoms with Gasteiger partial charge in [-0.05, 0) is 40.2 Å². The molecular formula is C10H13BrCl2S. The van der Waals surface area contributed by atoms with Crippen molar-refractivity contribution in [2.45, 2.75) is 19.8 Å². The van der Waals surface area contributed by atoms with Gasteiger partial charge in [0.15, 0.2) is 0 Å². The zero-order valence-electron chi connectivity index (χ0n) is 8.03. The summed E-state index contributed by atoms with van der Waals surface area (Å²) >= 11 is 17.3. The molecule has 0 N–H and O–H groups in total. The molecule has 0 radical (unpaired) electrons. The molecule has 0 atom stereocenters. The molecule has 14 heavy (non-hydrogen) atoms. The van der Waals surface area contributed by atoms with Crippen LogP contribution in [0.3, 0.4) is 0 Å². The van der Waals surface area contributed by atoms with Crippen molar-refractivity contribution >= 4 is 50.5 Å². The molecule has 0 bridgehead atoms. The van der Waals surface area contributed by atoms with E-state index in [1.165, 1.54) is 9.35 Å². The number of alkyl halides is 2. The Morgan fingerprint density at radius 3 is 2.43 bits per heavy atom. The molecule has 1 aromatic heterocycles. The molecule has 1 rings (SSSR count). The Bertz CT molecular complexity index is 273. The molecule has 0 aromatic carbocycles. The van der Waals surface area contributed by atoms with E-state index in [1.54, 1.807) is 11.3 Å². The second-order valence-electron chi connectivity index (χ2n) is 3.49. The summed E-state index contributed by atoms with van der Waals surface area (Å²) in [5, 5.41) is 2.09. The molecule has 1 heterocycles. The van der Waals surface area contributed by atoms with Gasteiger partial charge < -0.3 is 0 Å². The van der Waals surface area contributed by atoms with E-state index >= 15 is 0 Å². The third kappa shape index (κ3) is 2.88. The number of halogens is 3. The Hall–Kier alpha value is 0.760. The SMILES string of the molecule is CCC(CCl)(CCl)Cc1sccc1Br. The zero-order valence-corrected chi connectivity index (χ0v) is 11.9. The molecule has 0 nitrogen and oxygen atoms in total. The van der Waals surface area contributed by atoms with E-state index in [4.69, 9.17) is 23.2 Å². The lowest BCUT2D eigenvalue weighted by atomic mass is 9.85. The molecule has 0 fully saturated rings. The maximum absolute atomic E-state index is 6.00. The molecule has 0 saturated carbocycles. The van der Waals surface area contributed by atoms with Crippen molar-refractivity contribution in [3.63, 3.8) is 0 Å². The van der Waals surface area contributed by atoms with Crippen LogP contribution < -0.4 is 0 Å². The minimum Gasteiger partial charge on any atom is -0.148 e. The molecule has 0 spiro atoms. The molecular weight excluding hydrogens is 303 g/mol. The Morgan fingerprint density at radius 2 is 2.07 bits per heavy atom. The predicted molar refractivity (Wildman–Crippen MR) is 69.9 cm³/mol. The molecule has 0 aliphatic carbocycles. The first-order valence-electron chi connectivity index (χ1n) is 4.51. The van der Waals surface area contributed by atoms with Crippen molar-refractivity contribution in [1.29, 1.82) is 0 Å². The maximum atomic E-state index is 6.00. The Balaban J connectivity index is 2.79. The van der Waals surface area contributed by atoms with Crippen molar-refractivity contribution in [2.75, 3.05) is 11.8 Å². The first kappa shape index (κ1) is 12.8. The van der Waals surface area contributed by atoms with Gasteiger partial charge in [0.25, 0.3) is 0 Å². The highest BCUT2D eigenvalue weighted by atomic mass is 79.9. The molecule has 0 unspecified atom stereocenters. The van der Waals surface area contributed by atoms with E-state index in [0.29, 0.717) is 11.8 Å². The summed E-state index contributed by atoms with van der Waals surface area (Å²) in [6, 6.07) is 2.07. The smallest absolute Gasteiger partial charge is 0.0314 e. The molecule has 80 valence electrons. The second kappa shape index (κ2) is 5.74. The normalized spacial score (nSPS) is 12.0. The monoisotopic (exact) mass is 314 g/mol. The number of hydrogen-bond donors (Lipinski definition) is 0. The predicted octanol–water partition coefficient (Wildman–Crippen LogP) is 4.93. The topological polar surface area (TPSA) is 0 Å². The number of thiophene rings is 1. The first-order chi connectivity index (χ1) is 6.67. The summed E-state index contributed by atoms with van der Waals surface area (Å²) in [6.07, 6.45) is 1.99. The van der Waals surface area contributed by atoms with E-state index in [1.807, 2.05) is 0 Å². The quantitative estimate of drug-likeness (QED) is 0.676. The fourth-order valence-corrected chi connectivity index (χ4v) is 3.75. The summed E-state index contributed by atoms with van der Waals surface area (Å²) in [7, 11) is 0. The summed E-state index contributed by atoms with van der Waals surface area (Å²) in [5.41, 5.74) is 0.0521. The van der Waals surface area contributed by atoms with E-state index in [2.05, 4.69) is 34.3 Å². The van der Waals surface area contributed by atoms with Crippen LogP contribution in [0.25, 0.3) is 0 Å². The van der Waals surface area contributed by atoms with Gasteiger partial charge in [-0.1, -0.05) is 6.92 Å².